The van der Waals surface area contributed by atoms with E-state index in [0.717, 1.165) is 13.1 Å². The van der Waals surface area contributed by atoms with Gasteiger partial charge in [0.2, 0.25) is 0 Å². The molecule has 0 rings (SSSR count). The SMILES string of the molecule is CCOC(=O)C(C)=C(N)N(CC)CC. The number of carbonyl (C=O) groups is 1. The largest absolute Gasteiger partial charge is 0.463 e. The highest BCUT2D eigenvalue weighted by atomic mass is 16.5. The molecule has 0 aliphatic rings. The third-order valence-corrected chi connectivity index (χ3v) is 2.07. The highest BCUT2D eigenvalue weighted by Gasteiger charge is 2.12. The van der Waals surface area contributed by atoms with E-state index in [1.807, 2.05) is 18.7 Å². The Hall–Kier alpha value is -1.19. The van der Waals surface area contributed by atoms with Crippen molar-refractivity contribution < 1.29 is 9.53 Å². The van der Waals surface area contributed by atoms with Crippen molar-refractivity contribution in [2.24, 2.45) is 5.73 Å². The molecule has 0 aliphatic heterocycles. The Morgan fingerprint density at radius 1 is 1.29 bits per heavy atom. The van der Waals surface area contributed by atoms with Gasteiger partial charge in [-0.2, -0.15) is 0 Å². The summed E-state index contributed by atoms with van der Waals surface area (Å²) in [6, 6.07) is 0. The number of nitrogens with zero attached hydrogens (tertiary/aromatic N) is 1. The molecule has 0 heterocycles. The monoisotopic (exact) mass is 200 g/mol. The summed E-state index contributed by atoms with van der Waals surface area (Å²) < 4.78 is 4.86. The van der Waals surface area contributed by atoms with E-state index >= 15 is 0 Å². The van der Waals surface area contributed by atoms with E-state index in [0.29, 0.717) is 18.0 Å². The molecule has 0 fully saturated rings. The molecule has 0 aromatic carbocycles. The molecule has 0 aromatic heterocycles. The van der Waals surface area contributed by atoms with Gasteiger partial charge in [0, 0.05) is 13.1 Å². The van der Waals surface area contributed by atoms with Crippen LogP contribution >= 0.6 is 0 Å². The van der Waals surface area contributed by atoms with Gasteiger partial charge in [0.1, 0.15) is 5.82 Å². The Morgan fingerprint density at radius 2 is 1.79 bits per heavy atom. The summed E-state index contributed by atoms with van der Waals surface area (Å²) >= 11 is 0. The van der Waals surface area contributed by atoms with Crippen LogP contribution in [0.5, 0.6) is 0 Å². The van der Waals surface area contributed by atoms with Crippen LogP contribution in [0.15, 0.2) is 11.4 Å². The first kappa shape index (κ1) is 12.8. The molecule has 0 unspecified atom stereocenters. The van der Waals surface area contributed by atoms with Crippen molar-refractivity contribution in [3.63, 3.8) is 0 Å². The van der Waals surface area contributed by atoms with Crippen LogP contribution in [0.4, 0.5) is 0 Å². The summed E-state index contributed by atoms with van der Waals surface area (Å²) in [5, 5.41) is 0. The second kappa shape index (κ2) is 6.29. The Labute approximate surface area is 85.7 Å². The second-order valence-corrected chi connectivity index (χ2v) is 2.90. The first-order chi connectivity index (χ1) is 6.58. The van der Waals surface area contributed by atoms with Gasteiger partial charge in [-0.3, -0.25) is 0 Å². The van der Waals surface area contributed by atoms with Crippen molar-refractivity contribution in [2.45, 2.75) is 27.7 Å². The number of hydrogen-bond donors (Lipinski definition) is 1. The van der Waals surface area contributed by atoms with Gasteiger partial charge < -0.3 is 15.4 Å². The fraction of sp³-hybridized carbons (Fsp3) is 0.700. The van der Waals surface area contributed by atoms with Gasteiger partial charge in [-0.25, -0.2) is 4.79 Å². The number of nitrogens with two attached hydrogens (primary N) is 1. The first-order valence-corrected chi connectivity index (χ1v) is 4.96. The summed E-state index contributed by atoms with van der Waals surface area (Å²) in [5.41, 5.74) is 6.30. The van der Waals surface area contributed by atoms with Crippen LogP contribution < -0.4 is 5.73 Å². The van der Waals surface area contributed by atoms with Crippen LogP contribution in [0.3, 0.4) is 0 Å². The van der Waals surface area contributed by atoms with Gasteiger partial charge in [0.05, 0.1) is 12.2 Å². The predicted molar refractivity (Wildman–Crippen MR) is 56.4 cm³/mol. The third-order valence-electron chi connectivity index (χ3n) is 2.07. The minimum Gasteiger partial charge on any atom is -0.463 e. The van der Waals surface area contributed by atoms with Gasteiger partial charge in [-0.05, 0) is 27.7 Å². The van der Waals surface area contributed by atoms with Crippen LogP contribution in [0.1, 0.15) is 27.7 Å². The third kappa shape index (κ3) is 3.28. The van der Waals surface area contributed by atoms with E-state index in [-0.39, 0.29) is 5.97 Å². The van der Waals surface area contributed by atoms with Crippen LogP contribution in [-0.4, -0.2) is 30.6 Å². The summed E-state index contributed by atoms with van der Waals surface area (Å²) in [6.07, 6.45) is 0. The molecule has 0 spiro atoms. The minimum absolute atomic E-state index is 0.336. The fourth-order valence-electron chi connectivity index (χ4n) is 1.15. The van der Waals surface area contributed by atoms with Gasteiger partial charge in [-0.15, -0.1) is 0 Å². The summed E-state index contributed by atoms with van der Waals surface area (Å²) in [5.74, 6) is 0.172. The normalized spacial score (nSPS) is 12.0. The maximum absolute atomic E-state index is 11.3. The first-order valence-electron chi connectivity index (χ1n) is 4.96. The number of carbonyl (C=O) groups excluding carboxylic acids is 1. The zero-order valence-electron chi connectivity index (χ0n) is 9.46. The molecule has 0 aromatic rings. The second-order valence-electron chi connectivity index (χ2n) is 2.90. The maximum atomic E-state index is 11.3. The highest BCUT2D eigenvalue weighted by Crippen LogP contribution is 2.06. The van der Waals surface area contributed by atoms with Crippen LogP contribution in [0.2, 0.25) is 0 Å². The quantitative estimate of drug-likeness (QED) is 0.533. The Bertz CT molecular complexity index is 220. The molecule has 0 atom stereocenters. The Balaban J connectivity index is 4.63. The van der Waals surface area contributed by atoms with Crippen molar-refractivity contribution in [1.29, 1.82) is 0 Å². The lowest BCUT2D eigenvalue weighted by Crippen LogP contribution is -2.30. The summed E-state index contributed by atoms with van der Waals surface area (Å²) in [4.78, 5) is 13.3. The average Bonchev–Trinajstić information content (AvgIpc) is 2.18. The molecule has 0 bridgehead atoms. The standard InChI is InChI=1S/C10H20N2O2/c1-5-12(6-2)9(11)8(4)10(13)14-7-3/h5-7,11H2,1-4H3. The van der Waals surface area contributed by atoms with Gasteiger partial charge >= 0.3 is 5.97 Å². The predicted octanol–water partition coefficient (Wildman–Crippen LogP) is 1.08. The minimum atomic E-state index is -0.336. The average molecular weight is 200 g/mol. The topological polar surface area (TPSA) is 55.6 Å². The van der Waals surface area contributed by atoms with Gasteiger partial charge in [-0.1, -0.05) is 0 Å². The number of hydrogen-bond acceptors (Lipinski definition) is 4. The lowest BCUT2D eigenvalue weighted by Gasteiger charge is -2.22. The molecule has 4 heteroatoms. The molecule has 0 saturated carbocycles. The summed E-state index contributed by atoms with van der Waals surface area (Å²) in [6.45, 7) is 9.41. The van der Waals surface area contributed by atoms with Crippen molar-refractivity contribution in [3.8, 4) is 0 Å². The molecule has 4 nitrogen and oxygen atoms in total. The lowest BCUT2D eigenvalue weighted by atomic mass is 10.3. The highest BCUT2D eigenvalue weighted by molar-refractivity contribution is 5.88. The van der Waals surface area contributed by atoms with E-state index in [4.69, 9.17) is 10.5 Å². The molecular weight excluding hydrogens is 180 g/mol. The van der Waals surface area contributed by atoms with E-state index in [1.165, 1.54) is 0 Å². The molecule has 14 heavy (non-hydrogen) atoms. The van der Waals surface area contributed by atoms with E-state index in [1.54, 1.807) is 13.8 Å². The summed E-state index contributed by atoms with van der Waals surface area (Å²) in [7, 11) is 0. The molecule has 0 amide bonds. The molecule has 2 N–H and O–H groups in total. The van der Waals surface area contributed by atoms with Crippen molar-refractivity contribution >= 4 is 5.97 Å². The zero-order chi connectivity index (χ0) is 11.1. The lowest BCUT2D eigenvalue weighted by molar-refractivity contribution is -0.138. The Morgan fingerprint density at radius 3 is 2.14 bits per heavy atom. The van der Waals surface area contributed by atoms with Crippen LogP contribution in [0.25, 0.3) is 0 Å². The number of esters is 1. The molecular formula is C10H20N2O2. The van der Waals surface area contributed by atoms with E-state index in [2.05, 4.69) is 0 Å². The maximum Gasteiger partial charge on any atom is 0.337 e. The molecule has 0 aliphatic carbocycles. The zero-order valence-corrected chi connectivity index (χ0v) is 9.46. The Kier molecular flexibility index (Phi) is 5.76. The van der Waals surface area contributed by atoms with Crippen LogP contribution in [-0.2, 0) is 9.53 Å². The molecule has 0 radical (unpaired) electrons. The fourth-order valence-corrected chi connectivity index (χ4v) is 1.15. The number of ether oxygens (including phenoxy) is 1. The molecule has 82 valence electrons. The van der Waals surface area contributed by atoms with Crippen LogP contribution in [0, 0.1) is 0 Å². The van der Waals surface area contributed by atoms with E-state index < -0.39 is 0 Å². The van der Waals surface area contributed by atoms with E-state index in [9.17, 15) is 4.79 Å². The molecule has 0 saturated heterocycles. The van der Waals surface area contributed by atoms with Gasteiger partial charge in [0.25, 0.3) is 0 Å². The van der Waals surface area contributed by atoms with Gasteiger partial charge in [0.15, 0.2) is 0 Å². The van der Waals surface area contributed by atoms with Crippen molar-refractivity contribution in [2.75, 3.05) is 19.7 Å². The van der Waals surface area contributed by atoms with Crippen molar-refractivity contribution in [3.05, 3.63) is 11.4 Å². The number of rotatable bonds is 5. The van der Waals surface area contributed by atoms with Crippen molar-refractivity contribution in [1.82, 2.24) is 4.90 Å². The smallest absolute Gasteiger partial charge is 0.337 e.